The van der Waals surface area contributed by atoms with Gasteiger partial charge >= 0.3 is 0 Å². The summed E-state index contributed by atoms with van der Waals surface area (Å²) in [5.41, 5.74) is 0. The van der Waals surface area contributed by atoms with Crippen molar-refractivity contribution in [1.29, 1.82) is 0 Å². The lowest BCUT2D eigenvalue weighted by Gasteiger charge is -2.28. The Morgan fingerprint density at radius 2 is 1.82 bits per heavy atom. The van der Waals surface area contributed by atoms with E-state index in [2.05, 4.69) is 31.3 Å². The van der Waals surface area contributed by atoms with Crippen LogP contribution in [0.1, 0.15) is 55.7 Å². The average Bonchev–Trinajstić information content (AvgIpc) is 2.85. The maximum Gasteiger partial charge on any atom is 0.0302 e. The minimum Gasteiger partial charge on any atom is -0.309 e. The largest absolute Gasteiger partial charge is 0.309 e. The minimum atomic E-state index is 0.768. The molecule has 2 heteroatoms. The minimum absolute atomic E-state index is 0.768. The van der Waals surface area contributed by atoms with Crippen molar-refractivity contribution < 1.29 is 0 Å². The second kappa shape index (κ2) is 6.55. The third kappa shape index (κ3) is 3.82. The first-order valence-electron chi connectivity index (χ1n) is 7.12. The van der Waals surface area contributed by atoms with E-state index in [4.69, 9.17) is 0 Å². The van der Waals surface area contributed by atoms with Crippen LogP contribution in [-0.2, 0) is 13.0 Å². The molecule has 1 aliphatic carbocycles. The van der Waals surface area contributed by atoms with Gasteiger partial charge in [0.15, 0.2) is 0 Å². The molecule has 1 aromatic heterocycles. The van der Waals surface area contributed by atoms with E-state index in [0.29, 0.717) is 0 Å². The molecule has 17 heavy (non-hydrogen) atoms. The molecule has 0 bridgehead atoms. The van der Waals surface area contributed by atoms with Crippen molar-refractivity contribution in [3.63, 3.8) is 0 Å². The summed E-state index contributed by atoms with van der Waals surface area (Å²) in [6, 6.07) is 5.33. The standard InChI is InChI=1S/C15H25NS/c1-3-12-5-7-13(8-6-12)16-11-15-10-9-14(4-2)17-15/h9-10,12-13,16H,3-8,11H2,1-2H3. The number of thiophene rings is 1. The zero-order valence-corrected chi connectivity index (χ0v) is 12.0. The van der Waals surface area contributed by atoms with Gasteiger partial charge in [-0.25, -0.2) is 0 Å². The second-order valence-corrected chi connectivity index (χ2v) is 6.48. The van der Waals surface area contributed by atoms with Crippen molar-refractivity contribution in [1.82, 2.24) is 5.32 Å². The Labute approximate surface area is 110 Å². The fourth-order valence-corrected chi connectivity index (χ4v) is 3.64. The van der Waals surface area contributed by atoms with Gasteiger partial charge in [-0.05, 0) is 50.2 Å². The van der Waals surface area contributed by atoms with Gasteiger partial charge in [0, 0.05) is 22.3 Å². The van der Waals surface area contributed by atoms with Gasteiger partial charge in [0.2, 0.25) is 0 Å². The Morgan fingerprint density at radius 1 is 1.12 bits per heavy atom. The molecule has 1 fully saturated rings. The lowest BCUT2D eigenvalue weighted by atomic mass is 9.84. The molecule has 0 aliphatic heterocycles. The van der Waals surface area contributed by atoms with E-state index in [-0.39, 0.29) is 0 Å². The van der Waals surface area contributed by atoms with Gasteiger partial charge < -0.3 is 5.32 Å². The lowest BCUT2D eigenvalue weighted by Crippen LogP contribution is -2.32. The molecule has 1 aromatic rings. The van der Waals surface area contributed by atoms with Crippen LogP contribution < -0.4 is 5.32 Å². The van der Waals surface area contributed by atoms with E-state index in [1.54, 1.807) is 0 Å². The Kier molecular flexibility index (Phi) is 5.05. The van der Waals surface area contributed by atoms with Crippen molar-refractivity contribution in [2.75, 3.05) is 0 Å². The SMILES string of the molecule is CCc1ccc(CNC2CCC(CC)CC2)s1. The van der Waals surface area contributed by atoms with Crippen LogP contribution in [0.15, 0.2) is 12.1 Å². The van der Waals surface area contributed by atoms with Crippen LogP contribution in [0.25, 0.3) is 0 Å². The second-order valence-electron chi connectivity index (χ2n) is 5.23. The van der Waals surface area contributed by atoms with Crippen LogP contribution >= 0.6 is 11.3 Å². The highest BCUT2D eigenvalue weighted by molar-refractivity contribution is 7.11. The van der Waals surface area contributed by atoms with E-state index in [0.717, 1.165) is 18.5 Å². The number of hydrogen-bond donors (Lipinski definition) is 1. The van der Waals surface area contributed by atoms with Gasteiger partial charge in [-0.3, -0.25) is 0 Å². The number of rotatable bonds is 5. The summed E-state index contributed by atoms with van der Waals surface area (Å²) in [6.45, 7) is 5.64. The molecule has 1 saturated carbocycles. The van der Waals surface area contributed by atoms with Gasteiger partial charge in [-0.1, -0.05) is 20.3 Å². The summed E-state index contributed by atoms with van der Waals surface area (Å²) in [5.74, 6) is 1.00. The summed E-state index contributed by atoms with van der Waals surface area (Å²) in [6.07, 6.45) is 8.16. The molecule has 1 N–H and O–H groups in total. The fraction of sp³-hybridized carbons (Fsp3) is 0.733. The van der Waals surface area contributed by atoms with E-state index >= 15 is 0 Å². The van der Waals surface area contributed by atoms with Crippen LogP contribution in [0.2, 0.25) is 0 Å². The van der Waals surface area contributed by atoms with Crippen molar-refractivity contribution in [3.8, 4) is 0 Å². The van der Waals surface area contributed by atoms with Crippen LogP contribution in [0.4, 0.5) is 0 Å². The first-order chi connectivity index (χ1) is 8.31. The summed E-state index contributed by atoms with van der Waals surface area (Å²) in [5, 5.41) is 3.73. The highest BCUT2D eigenvalue weighted by Gasteiger charge is 2.19. The van der Waals surface area contributed by atoms with Gasteiger partial charge in [0.25, 0.3) is 0 Å². The van der Waals surface area contributed by atoms with E-state index in [1.165, 1.54) is 48.3 Å². The van der Waals surface area contributed by atoms with Crippen molar-refractivity contribution in [2.45, 2.75) is 65.0 Å². The smallest absolute Gasteiger partial charge is 0.0302 e. The number of hydrogen-bond acceptors (Lipinski definition) is 2. The molecular formula is C15H25NS. The maximum atomic E-state index is 3.73. The fourth-order valence-electron chi connectivity index (χ4n) is 2.73. The molecule has 1 nitrogen and oxygen atoms in total. The topological polar surface area (TPSA) is 12.0 Å². The molecule has 0 radical (unpaired) electrons. The summed E-state index contributed by atoms with van der Waals surface area (Å²) in [7, 11) is 0. The van der Waals surface area contributed by atoms with Crippen molar-refractivity contribution >= 4 is 11.3 Å². The summed E-state index contributed by atoms with van der Waals surface area (Å²) >= 11 is 1.96. The van der Waals surface area contributed by atoms with Gasteiger partial charge in [-0.2, -0.15) is 0 Å². The van der Waals surface area contributed by atoms with Gasteiger partial charge in [-0.15, -0.1) is 11.3 Å². The quantitative estimate of drug-likeness (QED) is 0.819. The van der Waals surface area contributed by atoms with Crippen LogP contribution in [0, 0.1) is 5.92 Å². The molecule has 2 rings (SSSR count). The maximum absolute atomic E-state index is 3.73. The number of nitrogens with one attached hydrogen (secondary N) is 1. The average molecular weight is 251 g/mol. The Morgan fingerprint density at radius 3 is 2.41 bits per heavy atom. The molecule has 1 aliphatic rings. The molecule has 0 atom stereocenters. The Balaban J connectivity index is 1.72. The predicted octanol–water partition coefficient (Wildman–Crippen LogP) is 4.37. The Hall–Kier alpha value is -0.340. The third-order valence-electron chi connectivity index (χ3n) is 4.05. The molecule has 0 saturated heterocycles. The Bertz CT molecular complexity index is 323. The predicted molar refractivity (Wildman–Crippen MR) is 76.6 cm³/mol. The van der Waals surface area contributed by atoms with E-state index < -0.39 is 0 Å². The van der Waals surface area contributed by atoms with Gasteiger partial charge in [0.05, 0.1) is 0 Å². The van der Waals surface area contributed by atoms with Crippen LogP contribution in [0.3, 0.4) is 0 Å². The summed E-state index contributed by atoms with van der Waals surface area (Å²) < 4.78 is 0. The molecular weight excluding hydrogens is 226 g/mol. The molecule has 1 heterocycles. The van der Waals surface area contributed by atoms with Crippen molar-refractivity contribution in [3.05, 3.63) is 21.9 Å². The number of aryl methyl sites for hydroxylation is 1. The third-order valence-corrected chi connectivity index (χ3v) is 5.28. The monoisotopic (exact) mass is 251 g/mol. The highest BCUT2D eigenvalue weighted by Crippen LogP contribution is 2.27. The van der Waals surface area contributed by atoms with Crippen LogP contribution in [0.5, 0.6) is 0 Å². The van der Waals surface area contributed by atoms with E-state index in [9.17, 15) is 0 Å². The molecule has 0 spiro atoms. The lowest BCUT2D eigenvalue weighted by molar-refractivity contribution is 0.285. The van der Waals surface area contributed by atoms with E-state index in [1.807, 2.05) is 11.3 Å². The molecule has 0 amide bonds. The molecule has 0 unspecified atom stereocenters. The zero-order chi connectivity index (χ0) is 12.1. The summed E-state index contributed by atoms with van der Waals surface area (Å²) in [4.78, 5) is 3.01. The normalized spacial score (nSPS) is 25.1. The van der Waals surface area contributed by atoms with Crippen LogP contribution in [-0.4, -0.2) is 6.04 Å². The van der Waals surface area contributed by atoms with Crippen molar-refractivity contribution in [2.24, 2.45) is 5.92 Å². The zero-order valence-electron chi connectivity index (χ0n) is 11.2. The molecule has 0 aromatic carbocycles. The molecule has 96 valence electrons. The highest BCUT2D eigenvalue weighted by atomic mass is 32.1. The first-order valence-corrected chi connectivity index (χ1v) is 7.94. The van der Waals surface area contributed by atoms with Gasteiger partial charge in [0.1, 0.15) is 0 Å². The first kappa shape index (κ1) is 13.1.